The van der Waals surface area contributed by atoms with Crippen molar-refractivity contribution in [3.8, 4) is 5.75 Å². The molecule has 0 heterocycles. The van der Waals surface area contributed by atoms with Gasteiger partial charge in [-0.3, -0.25) is 4.79 Å². The summed E-state index contributed by atoms with van der Waals surface area (Å²) < 4.78 is 5.31. The van der Waals surface area contributed by atoms with Gasteiger partial charge in [-0.1, -0.05) is 12.1 Å². The number of carbonyl (C=O) groups is 2. The van der Waals surface area contributed by atoms with Crippen LogP contribution < -0.4 is 4.74 Å². The van der Waals surface area contributed by atoms with Crippen LogP contribution in [0, 0.1) is 0 Å². The van der Waals surface area contributed by atoms with Crippen molar-refractivity contribution in [2.24, 2.45) is 0 Å². The zero-order chi connectivity index (χ0) is 14.4. The van der Waals surface area contributed by atoms with Crippen molar-refractivity contribution < 1.29 is 24.5 Å². The van der Waals surface area contributed by atoms with E-state index in [9.17, 15) is 14.7 Å². The van der Waals surface area contributed by atoms with Crippen LogP contribution >= 0.6 is 11.6 Å². The number of ether oxygens (including phenoxy) is 1. The van der Waals surface area contributed by atoms with E-state index in [1.807, 2.05) is 0 Å². The summed E-state index contributed by atoms with van der Waals surface area (Å²) in [5.41, 5.74) is 0.105. The van der Waals surface area contributed by atoms with Crippen molar-refractivity contribution in [2.45, 2.75) is 19.4 Å². The summed E-state index contributed by atoms with van der Waals surface area (Å²) in [5, 5.41) is 18.5. The Balaban J connectivity index is 3.32. The quantitative estimate of drug-likeness (QED) is 0.592. The number of halogens is 1. The van der Waals surface area contributed by atoms with Crippen LogP contribution in [0.2, 0.25) is 0 Å². The van der Waals surface area contributed by atoms with Gasteiger partial charge in [0.1, 0.15) is 5.75 Å². The molecule has 0 amide bonds. The Kier molecular flexibility index (Phi) is 5.79. The summed E-state index contributed by atoms with van der Waals surface area (Å²) in [7, 11) is 0. The molecule has 2 N–H and O–H groups in total. The van der Waals surface area contributed by atoms with Gasteiger partial charge in [-0.2, -0.15) is 0 Å². The molecular weight excluding hydrogens is 272 g/mol. The molecule has 0 aliphatic rings. The number of benzene rings is 1. The van der Waals surface area contributed by atoms with Crippen molar-refractivity contribution >= 4 is 23.4 Å². The molecule has 5 nitrogen and oxygen atoms in total. The lowest BCUT2D eigenvalue weighted by Crippen LogP contribution is -2.16. The smallest absolute Gasteiger partial charge is 0.337 e. The highest BCUT2D eigenvalue weighted by Crippen LogP contribution is 2.29. The predicted molar refractivity (Wildman–Crippen MR) is 69.9 cm³/mol. The van der Waals surface area contributed by atoms with Crippen LogP contribution in [-0.4, -0.2) is 34.5 Å². The molecule has 1 unspecified atom stereocenters. The normalized spacial score (nSPS) is 11.9. The maximum atomic E-state index is 12.0. The molecule has 1 aromatic carbocycles. The second-order valence-corrected chi connectivity index (χ2v) is 4.13. The Hall–Kier alpha value is -1.59. The molecule has 1 atom stereocenters. The first-order valence-corrected chi connectivity index (χ1v) is 6.32. The number of carboxylic acids is 1. The summed E-state index contributed by atoms with van der Waals surface area (Å²) >= 11 is 5.53. The molecule has 6 heteroatoms. The fraction of sp³-hybridized carbons (Fsp3) is 0.385. The number of Topliss-reactive ketones (excluding diaryl/α,β-unsaturated/α-hetero) is 1. The van der Waals surface area contributed by atoms with Crippen molar-refractivity contribution in [3.63, 3.8) is 0 Å². The number of ketones is 1. The molecule has 0 bridgehead atoms. The molecule has 0 saturated heterocycles. The van der Waals surface area contributed by atoms with Gasteiger partial charge in [-0.25, -0.2) is 4.79 Å². The summed E-state index contributed by atoms with van der Waals surface area (Å²) in [5.74, 6) is -1.40. The number of carbonyl (C=O) groups excluding carboxylic acids is 1. The first kappa shape index (κ1) is 15.5. The fourth-order valence-electron chi connectivity index (χ4n) is 1.69. The van der Waals surface area contributed by atoms with E-state index in [1.165, 1.54) is 12.1 Å². The first-order chi connectivity index (χ1) is 9.02. The van der Waals surface area contributed by atoms with Gasteiger partial charge in [0.15, 0.2) is 11.9 Å². The van der Waals surface area contributed by atoms with E-state index in [0.29, 0.717) is 6.61 Å². The van der Waals surface area contributed by atoms with Crippen molar-refractivity contribution in [1.29, 1.82) is 0 Å². The Morgan fingerprint density at radius 2 is 2.11 bits per heavy atom. The molecule has 0 aliphatic carbocycles. The van der Waals surface area contributed by atoms with Crippen LogP contribution in [0.25, 0.3) is 0 Å². The molecule has 0 radical (unpaired) electrons. The van der Waals surface area contributed by atoms with Crippen molar-refractivity contribution in [3.05, 3.63) is 29.3 Å². The molecule has 104 valence electrons. The SMILES string of the molecule is CCOc1cccc(C(O)C(=O)O)c1C(=O)CCCl. The number of carboxylic acid groups (broad SMARTS) is 1. The van der Waals surface area contributed by atoms with Gasteiger partial charge < -0.3 is 14.9 Å². The third-order valence-electron chi connectivity index (χ3n) is 2.49. The number of rotatable bonds is 7. The van der Waals surface area contributed by atoms with E-state index in [2.05, 4.69) is 0 Å². The van der Waals surface area contributed by atoms with Crippen LogP contribution in [0.1, 0.15) is 35.4 Å². The number of hydrogen-bond acceptors (Lipinski definition) is 4. The Morgan fingerprint density at radius 1 is 1.42 bits per heavy atom. The highest BCUT2D eigenvalue weighted by molar-refractivity contribution is 6.19. The standard InChI is InChI=1S/C13H15ClO5/c1-2-19-10-5-3-4-8(12(16)13(17)18)11(10)9(15)6-7-14/h3-5,12,16H,2,6-7H2,1H3,(H,17,18). The lowest BCUT2D eigenvalue weighted by Gasteiger charge is -2.15. The minimum Gasteiger partial charge on any atom is -0.493 e. The molecule has 0 aliphatic heterocycles. The summed E-state index contributed by atoms with van der Waals surface area (Å²) in [6.45, 7) is 2.07. The summed E-state index contributed by atoms with van der Waals surface area (Å²) in [6, 6.07) is 4.48. The van der Waals surface area contributed by atoms with E-state index >= 15 is 0 Å². The molecule has 1 rings (SSSR count). The van der Waals surface area contributed by atoms with E-state index in [4.69, 9.17) is 21.4 Å². The fourth-order valence-corrected chi connectivity index (χ4v) is 1.87. The van der Waals surface area contributed by atoms with Crippen LogP contribution in [-0.2, 0) is 4.79 Å². The van der Waals surface area contributed by atoms with Gasteiger partial charge in [0.05, 0.1) is 12.2 Å². The lowest BCUT2D eigenvalue weighted by atomic mass is 9.97. The molecule has 1 aromatic rings. The summed E-state index contributed by atoms with van der Waals surface area (Å²) in [6.07, 6.45) is -1.72. The van der Waals surface area contributed by atoms with Crippen molar-refractivity contribution in [1.82, 2.24) is 0 Å². The van der Waals surface area contributed by atoms with Crippen LogP contribution in [0.5, 0.6) is 5.75 Å². The van der Waals surface area contributed by atoms with Crippen LogP contribution in [0.15, 0.2) is 18.2 Å². The number of alkyl halides is 1. The van der Waals surface area contributed by atoms with Gasteiger partial charge in [-0.05, 0) is 13.0 Å². The van der Waals surface area contributed by atoms with Crippen LogP contribution in [0.4, 0.5) is 0 Å². The molecule has 0 aromatic heterocycles. The highest BCUT2D eigenvalue weighted by Gasteiger charge is 2.25. The Labute approximate surface area is 115 Å². The zero-order valence-electron chi connectivity index (χ0n) is 10.4. The largest absolute Gasteiger partial charge is 0.493 e. The molecule has 19 heavy (non-hydrogen) atoms. The average Bonchev–Trinajstić information content (AvgIpc) is 2.38. The second kappa shape index (κ2) is 7.11. The summed E-state index contributed by atoms with van der Waals surface area (Å²) in [4.78, 5) is 22.9. The second-order valence-electron chi connectivity index (χ2n) is 3.76. The lowest BCUT2D eigenvalue weighted by molar-refractivity contribution is -0.146. The maximum absolute atomic E-state index is 12.0. The highest BCUT2D eigenvalue weighted by atomic mass is 35.5. The topological polar surface area (TPSA) is 83.8 Å². The Bertz CT molecular complexity index is 472. The monoisotopic (exact) mass is 286 g/mol. The maximum Gasteiger partial charge on any atom is 0.337 e. The van der Waals surface area contributed by atoms with E-state index in [1.54, 1.807) is 13.0 Å². The number of aliphatic hydroxyl groups is 1. The molecule has 0 fully saturated rings. The predicted octanol–water partition coefficient (Wildman–Crippen LogP) is 2.01. The molecule has 0 saturated carbocycles. The zero-order valence-corrected chi connectivity index (χ0v) is 11.2. The van der Waals surface area contributed by atoms with E-state index in [0.717, 1.165) is 0 Å². The van der Waals surface area contributed by atoms with E-state index < -0.39 is 12.1 Å². The van der Waals surface area contributed by atoms with Gasteiger partial charge in [0.2, 0.25) is 0 Å². The van der Waals surface area contributed by atoms with E-state index in [-0.39, 0.29) is 35.0 Å². The Morgan fingerprint density at radius 3 is 2.63 bits per heavy atom. The number of hydrogen-bond donors (Lipinski definition) is 2. The van der Waals surface area contributed by atoms with Crippen molar-refractivity contribution in [2.75, 3.05) is 12.5 Å². The number of aliphatic hydroxyl groups excluding tert-OH is 1. The van der Waals surface area contributed by atoms with Gasteiger partial charge >= 0.3 is 5.97 Å². The minimum absolute atomic E-state index is 0.0218. The third-order valence-corrected chi connectivity index (χ3v) is 2.68. The van der Waals surface area contributed by atoms with Gasteiger partial charge in [0.25, 0.3) is 0 Å². The third kappa shape index (κ3) is 3.68. The van der Waals surface area contributed by atoms with Crippen LogP contribution in [0.3, 0.4) is 0 Å². The average molecular weight is 287 g/mol. The molecule has 0 spiro atoms. The van der Waals surface area contributed by atoms with Gasteiger partial charge in [0, 0.05) is 17.9 Å². The van der Waals surface area contributed by atoms with Gasteiger partial charge in [-0.15, -0.1) is 11.6 Å². The minimum atomic E-state index is -1.77. The molecular formula is C13H15ClO5. The number of aliphatic carboxylic acids is 1. The first-order valence-electron chi connectivity index (χ1n) is 5.78.